The molecule has 8 heteroatoms. The van der Waals surface area contributed by atoms with Gasteiger partial charge in [0.1, 0.15) is 23.0 Å². The summed E-state index contributed by atoms with van der Waals surface area (Å²) in [6.45, 7) is 2.15. The number of fused-ring (bicyclic) bond motifs is 1. The molecule has 0 aliphatic carbocycles. The number of rotatable bonds is 7. The first-order valence-electron chi connectivity index (χ1n) is 12.0. The smallest absolute Gasteiger partial charge is 0.376 e. The summed E-state index contributed by atoms with van der Waals surface area (Å²) in [5.74, 6) is -0.797. The maximum absolute atomic E-state index is 13.4. The number of benzene rings is 3. The summed E-state index contributed by atoms with van der Waals surface area (Å²) in [5.41, 5.74) is 1.55. The molecule has 0 radical (unpaired) electrons. The molecule has 190 valence electrons. The average Bonchev–Trinajstić information content (AvgIpc) is 3.46. The highest BCUT2D eigenvalue weighted by atomic mass is 16.7. The second kappa shape index (κ2) is 9.99. The molecule has 3 aromatic rings. The predicted molar refractivity (Wildman–Crippen MR) is 136 cm³/mol. The zero-order valence-electron chi connectivity index (χ0n) is 20.9. The molecule has 37 heavy (non-hydrogen) atoms. The van der Waals surface area contributed by atoms with Crippen molar-refractivity contribution >= 4 is 17.6 Å². The second-order valence-corrected chi connectivity index (χ2v) is 8.67. The largest absolute Gasteiger partial charge is 0.497 e. The van der Waals surface area contributed by atoms with Crippen molar-refractivity contribution in [3.05, 3.63) is 107 Å². The van der Waals surface area contributed by atoms with Crippen LogP contribution in [-0.2, 0) is 29.4 Å². The molecule has 0 unspecified atom stereocenters. The number of ether oxygens (including phenoxy) is 3. The van der Waals surface area contributed by atoms with Gasteiger partial charge < -0.3 is 23.9 Å². The summed E-state index contributed by atoms with van der Waals surface area (Å²) in [6.07, 6.45) is -0.485. The maximum Gasteiger partial charge on any atom is 0.376 e. The van der Waals surface area contributed by atoms with E-state index in [0.29, 0.717) is 6.54 Å². The van der Waals surface area contributed by atoms with E-state index >= 15 is 0 Å². The minimum absolute atomic E-state index is 0.108. The van der Waals surface area contributed by atoms with E-state index in [1.165, 1.54) is 7.11 Å². The molecule has 2 atom stereocenters. The molecule has 2 aliphatic rings. The molecule has 1 fully saturated rings. The van der Waals surface area contributed by atoms with Crippen LogP contribution in [0.25, 0.3) is 0 Å². The van der Waals surface area contributed by atoms with Crippen molar-refractivity contribution in [1.82, 2.24) is 5.06 Å². The molecule has 2 aliphatic heterocycles. The number of carbonyl (C=O) groups is 2. The number of anilines is 1. The van der Waals surface area contributed by atoms with Gasteiger partial charge in [0, 0.05) is 5.69 Å². The fourth-order valence-electron chi connectivity index (χ4n) is 5.11. The molecule has 0 N–H and O–H groups in total. The number of esters is 2. The first-order chi connectivity index (χ1) is 18.0. The molecule has 3 aromatic carbocycles. The maximum atomic E-state index is 13.4. The van der Waals surface area contributed by atoms with E-state index in [-0.39, 0.29) is 17.9 Å². The fraction of sp³-hybridized carbons (Fsp3) is 0.241. The SMILES string of the molecule is CCOC(=O)C1=C(C(=O)OC)[C@@]2(c3ccccc3)CN(c3ccc(OC)cc3)[C@H](c3ccccc3)N2O1. The zero-order chi connectivity index (χ0) is 26.0. The van der Waals surface area contributed by atoms with E-state index in [4.69, 9.17) is 19.0 Å². The van der Waals surface area contributed by atoms with Gasteiger partial charge in [0.05, 0.1) is 27.4 Å². The highest BCUT2D eigenvalue weighted by molar-refractivity contribution is 6.02. The highest BCUT2D eigenvalue weighted by Gasteiger charge is 2.64. The summed E-state index contributed by atoms with van der Waals surface area (Å²) in [5, 5.41) is 1.72. The normalized spacial score (nSPS) is 20.8. The van der Waals surface area contributed by atoms with Gasteiger partial charge in [-0.3, -0.25) is 0 Å². The topological polar surface area (TPSA) is 77.5 Å². The van der Waals surface area contributed by atoms with Gasteiger partial charge in [0.25, 0.3) is 0 Å². The lowest BCUT2D eigenvalue weighted by Crippen LogP contribution is -2.43. The first-order valence-corrected chi connectivity index (χ1v) is 12.0. The minimum atomic E-state index is -1.16. The van der Waals surface area contributed by atoms with Crippen molar-refractivity contribution in [3.8, 4) is 5.75 Å². The van der Waals surface area contributed by atoms with E-state index in [9.17, 15) is 9.59 Å². The molecule has 1 saturated heterocycles. The van der Waals surface area contributed by atoms with Crippen LogP contribution < -0.4 is 9.64 Å². The average molecular weight is 501 g/mol. The Kier molecular flexibility index (Phi) is 6.58. The van der Waals surface area contributed by atoms with Gasteiger partial charge in [-0.15, -0.1) is 0 Å². The summed E-state index contributed by atoms with van der Waals surface area (Å²) < 4.78 is 15.9. The predicted octanol–water partition coefficient (Wildman–Crippen LogP) is 4.35. The number of hydroxylamine groups is 2. The van der Waals surface area contributed by atoms with Gasteiger partial charge in [0.2, 0.25) is 5.76 Å². The molecule has 2 heterocycles. The minimum Gasteiger partial charge on any atom is -0.497 e. The molecule has 0 amide bonds. The van der Waals surface area contributed by atoms with E-state index < -0.39 is 23.6 Å². The lowest BCUT2D eigenvalue weighted by atomic mass is 9.82. The van der Waals surface area contributed by atoms with Gasteiger partial charge >= 0.3 is 11.9 Å². The quantitative estimate of drug-likeness (QED) is 0.444. The van der Waals surface area contributed by atoms with Crippen LogP contribution in [0.2, 0.25) is 0 Å². The Morgan fingerprint density at radius 2 is 1.57 bits per heavy atom. The van der Waals surface area contributed by atoms with Crippen LogP contribution in [0.15, 0.2) is 96.3 Å². The van der Waals surface area contributed by atoms with Crippen LogP contribution in [0, 0.1) is 0 Å². The number of hydrogen-bond donors (Lipinski definition) is 0. The van der Waals surface area contributed by atoms with Crippen LogP contribution in [0.5, 0.6) is 5.75 Å². The van der Waals surface area contributed by atoms with Crippen LogP contribution in [-0.4, -0.2) is 44.4 Å². The Labute approximate surface area is 215 Å². The van der Waals surface area contributed by atoms with Gasteiger partial charge in [-0.25, -0.2) is 9.59 Å². The van der Waals surface area contributed by atoms with Crippen molar-refractivity contribution in [2.75, 3.05) is 32.3 Å². The van der Waals surface area contributed by atoms with E-state index in [1.54, 1.807) is 19.1 Å². The van der Waals surface area contributed by atoms with E-state index in [1.807, 2.05) is 84.9 Å². The van der Waals surface area contributed by atoms with Gasteiger partial charge in [-0.1, -0.05) is 65.7 Å². The van der Waals surface area contributed by atoms with Crippen molar-refractivity contribution < 1.29 is 28.6 Å². The van der Waals surface area contributed by atoms with Crippen LogP contribution in [0.4, 0.5) is 5.69 Å². The number of methoxy groups -OCH3 is 2. The van der Waals surface area contributed by atoms with Gasteiger partial charge in [0.15, 0.2) is 0 Å². The van der Waals surface area contributed by atoms with Crippen molar-refractivity contribution in [2.45, 2.75) is 18.6 Å². The van der Waals surface area contributed by atoms with Crippen molar-refractivity contribution in [2.24, 2.45) is 0 Å². The molecule has 0 saturated carbocycles. The molecular formula is C29H28N2O6. The Hall–Kier alpha value is -4.30. The Balaban J connectivity index is 1.76. The Morgan fingerprint density at radius 1 is 0.919 bits per heavy atom. The molecule has 8 nitrogen and oxygen atoms in total. The lowest BCUT2D eigenvalue weighted by Gasteiger charge is -2.33. The first kappa shape index (κ1) is 24.4. The third-order valence-electron chi connectivity index (χ3n) is 6.73. The number of hydrogen-bond acceptors (Lipinski definition) is 8. The van der Waals surface area contributed by atoms with Gasteiger partial charge in [-0.05, 0) is 42.3 Å². The van der Waals surface area contributed by atoms with Gasteiger partial charge in [-0.2, -0.15) is 0 Å². The van der Waals surface area contributed by atoms with Crippen LogP contribution in [0.3, 0.4) is 0 Å². The molecular weight excluding hydrogens is 472 g/mol. The molecule has 5 rings (SSSR count). The summed E-state index contributed by atoms with van der Waals surface area (Å²) in [7, 11) is 2.92. The molecule has 0 aromatic heterocycles. The summed E-state index contributed by atoms with van der Waals surface area (Å²) in [4.78, 5) is 34.9. The number of nitrogens with zero attached hydrogens (tertiary/aromatic N) is 2. The second-order valence-electron chi connectivity index (χ2n) is 8.67. The third-order valence-corrected chi connectivity index (χ3v) is 6.73. The third kappa shape index (κ3) is 3.99. The van der Waals surface area contributed by atoms with Crippen molar-refractivity contribution in [3.63, 3.8) is 0 Å². The van der Waals surface area contributed by atoms with E-state index in [0.717, 1.165) is 22.6 Å². The lowest BCUT2D eigenvalue weighted by molar-refractivity contribution is -0.178. The fourth-order valence-corrected chi connectivity index (χ4v) is 5.11. The zero-order valence-corrected chi connectivity index (χ0v) is 20.9. The number of carbonyl (C=O) groups excluding carboxylic acids is 2. The monoisotopic (exact) mass is 500 g/mol. The molecule has 0 spiro atoms. The molecule has 0 bridgehead atoms. The summed E-state index contributed by atoms with van der Waals surface area (Å²) >= 11 is 0. The highest BCUT2D eigenvalue weighted by Crippen LogP contribution is 2.56. The standard InChI is InChI=1S/C29H28N2O6/c1-4-36-28(33)25-24(27(32)35-3)29(21-13-9-6-10-14-21)19-30(22-15-17-23(34-2)18-16-22)26(31(29)37-25)20-11-7-5-8-12-20/h5-18,26H,4,19H2,1-3H3/t26-,29-/m0/s1. The van der Waals surface area contributed by atoms with E-state index in [2.05, 4.69) is 4.90 Å². The van der Waals surface area contributed by atoms with Crippen LogP contribution >= 0.6 is 0 Å². The Bertz CT molecular complexity index is 1310. The summed E-state index contributed by atoms with van der Waals surface area (Å²) in [6, 6.07) is 27.1. The Morgan fingerprint density at radius 3 is 2.16 bits per heavy atom. The van der Waals surface area contributed by atoms with Crippen molar-refractivity contribution in [1.29, 1.82) is 0 Å². The van der Waals surface area contributed by atoms with Crippen LogP contribution in [0.1, 0.15) is 24.2 Å².